The average Bonchev–Trinajstić information content (AvgIpc) is 2.91. The van der Waals surface area contributed by atoms with Crippen molar-refractivity contribution in [3.8, 4) is 5.75 Å². The highest BCUT2D eigenvalue weighted by molar-refractivity contribution is 7.12. The van der Waals surface area contributed by atoms with Gasteiger partial charge in [0.05, 0.1) is 11.5 Å². The summed E-state index contributed by atoms with van der Waals surface area (Å²) in [4.78, 5) is 12.6. The Labute approximate surface area is 118 Å². The quantitative estimate of drug-likeness (QED) is 0.576. The van der Waals surface area contributed by atoms with Gasteiger partial charge in [0, 0.05) is 6.42 Å². The van der Waals surface area contributed by atoms with Gasteiger partial charge in [-0.25, -0.2) is 0 Å². The second kappa shape index (κ2) is 6.53. The van der Waals surface area contributed by atoms with Crippen molar-refractivity contribution in [1.82, 2.24) is 0 Å². The molecule has 0 radical (unpaired) electrons. The van der Waals surface area contributed by atoms with E-state index in [4.69, 9.17) is 4.74 Å². The Bertz CT molecular complexity index is 524. The van der Waals surface area contributed by atoms with Crippen LogP contribution in [0.1, 0.15) is 33.6 Å². The lowest BCUT2D eigenvalue weighted by molar-refractivity contribution is 0.0977. The minimum absolute atomic E-state index is 0.208. The fourth-order valence-electron chi connectivity index (χ4n) is 1.99. The molecule has 0 bridgehead atoms. The summed E-state index contributed by atoms with van der Waals surface area (Å²) in [6, 6.07) is 9.89. The zero-order valence-electron chi connectivity index (χ0n) is 11.3. The predicted molar refractivity (Wildman–Crippen MR) is 79.3 cm³/mol. The molecule has 2 aromatic rings. The van der Waals surface area contributed by atoms with E-state index in [1.54, 1.807) is 0 Å². The molecule has 0 saturated carbocycles. The van der Waals surface area contributed by atoms with E-state index in [9.17, 15) is 4.79 Å². The van der Waals surface area contributed by atoms with Crippen molar-refractivity contribution in [2.24, 2.45) is 0 Å². The maximum atomic E-state index is 11.8. The minimum atomic E-state index is 0.208. The van der Waals surface area contributed by atoms with E-state index in [-0.39, 0.29) is 5.78 Å². The topological polar surface area (TPSA) is 26.3 Å². The van der Waals surface area contributed by atoms with E-state index >= 15 is 0 Å². The highest BCUT2D eigenvalue weighted by Gasteiger charge is 2.07. The van der Waals surface area contributed by atoms with Gasteiger partial charge in [-0.1, -0.05) is 24.3 Å². The monoisotopic (exact) mass is 274 g/mol. The Hall–Kier alpha value is -1.61. The third-order valence-corrected chi connectivity index (χ3v) is 3.91. The van der Waals surface area contributed by atoms with E-state index in [0.717, 1.165) is 28.2 Å². The van der Waals surface area contributed by atoms with Crippen molar-refractivity contribution in [2.75, 3.05) is 6.61 Å². The molecule has 0 aliphatic carbocycles. The lowest BCUT2D eigenvalue weighted by Crippen LogP contribution is -2.04. The van der Waals surface area contributed by atoms with Crippen LogP contribution in [0, 0.1) is 13.8 Å². The van der Waals surface area contributed by atoms with Crippen LogP contribution < -0.4 is 4.74 Å². The Kier molecular flexibility index (Phi) is 4.74. The number of hydrogen-bond acceptors (Lipinski definition) is 3. The van der Waals surface area contributed by atoms with Crippen molar-refractivity contribution in [3.63, 3.8) is 0 Å². The third kappa shape index (κ3) is 3.67. The van der Waals surface area contributed by atoms with Crippen LogP contribution in [0.2, 0.25) is 0 Å². The number of thiophene rings is 1. The molecule has 100 valence electrons. The molecule has 0 unspecified atom stereocenters. The molecule has 2 nitrogen and oxygen atoms in total. The number of benzene rings is 1. The molecule has 0 aliphatic rings. The SMILES string of the molecule is Cc1cccc(C)c1OCCCC(=O)c1cccs1. The Morgan fingerprint density at radius 1 is 1.16 bits per heavy atom. The first-order valence-corrected chi connectivity index (χ1v) is 7.32. The zero-order valence-corrected chi connectivity index (χ0v) is 12.1. The number of aryl methyl sites for hydroxylation is 2. The van der Waals surface area contributed by atoms with Crippen molar-refractivity contribution < 1.29 is 9.53 Å². The first-order chi connectivity index (χ1) is 9.18. The van der Waals surface area contributed by atoms with E-state index < -0.39 is 0 Å². The summed E-state index contributed by atoms with van der Waals surface area (Å²) >= 11 is 1.50. The Balaban J connectivity index is 1.80. The van der Waals surface area contributed by atoms with Crippen LogP contribution in [0.25, 0.3) is 0 Å². The summed E-state index contributed by atoms with van der Waals surface area (Å²) in [5.41, 5.74) is 2.29. The van der Waals surface area contributed by atoms with Crippen LogP contribution in [-0.2, 0) is 0 Å². The fraction of sp³-hybridized carbons (Fsp3) is 0.312. The molecule has 0 saturated heterocycles. The van der Waals surface area contributed by atoms with Gasteiger partial charge >= 0.3 is 0 Å². The molecule has 0 aliphatic heterocycles. The number of hydrogen-bond donors (Lipinski definition) is 0. The maximum absolute atomic E-state index is 11.8. The van der Waals surface area contributed by atoms with Gasteiger partial charge in [0.1, 0.15) is 5.75 Å². The average molecular weight is 274 g/mol. The number of ether oxygens (including phenoxy) is 1. The summed E-state index contributed by atoms with van der Waals surface area (Å²) < 4.78 is 5.79. The first-order valence-electron chi connectivity index (χ1n) is 6.44. The van der Waals surface area contributed by atoms with Crippen molar-refractivity contribution in [1.29, 1.82) is 0 Å². The smallest absolute Gasteiger partial charge is 0.172 e. The van der Waals surface area contributed by atoms with Crippen LogP contribution in [0.5, 0.6) is 5.75 Å². The number of carbonyl (C=O) groups excluding carboxylic acids is 1. The largest absolute Gasteiger partial charge is 0.493 e. The van der Waals surface area contributed by atoms with Crippen molar-refractivity contribution in [2.45, 2.75) is 26.7 Å². The molecule has 0 spiro atoms. The summed E-state index contributed by atoms with van der Waals surface area (Å²) in [5, 5.41) is 1.93. The van der Waals surface area contributed by atoms with E-state index in [2.05, 4.69) is 0 Å². The summed E-state index contributed by atoms with van der Waals surface area (Å²) in [6.45, 7) is 4.67. The number of carbonyl (C=O) groups is 1. The minimum Gasteiger partial charge on any atom is -0.493 e. The molecule has 3 heteroatoms. The molecule has 0 amide bonds. The van der Waals surface area contributed by atoms with Crippen LogP contribution >= 0.6 is 11.3 Å². The molecular formula is C16H18O2S. The molecule has 1 heterocycles. The van der Waals surface area contributed by atoms with Gasteiger partial charge in [0.2, 0.25) is 0 Å². The van der Waals surface area contributed by atoms with Gasteiger partial charge in [0.25, 0.3) is 0 Å². The van der Waals surface area contributed by atoms with E-state index in [1.165, 1.54) is 11.3 Å². The molecule has 1 aromatic heterocycles. The second-order valence-corrected chi connectivity index (χ2v) is 5.52. The summed E-state index contributed by atoms with van der Waals surface area (Å²) in [5.74, 6) is 1.16. The van der Waals surface area contributed by atoms with Crippen molar-refractivity contribution in [3.05, 3.63) is 51.7 Å². The first kappa shape index (κ1) is 13.8. The van der Waals surface area contributed by atoms with Gasteiger partial charge in [-0.05, 0) is 42.8 Å². The van der Waals surface area contributed by atoms with E-state index in [0.29, 0.717) is 13.0 Å². The molecule has 2 rings (SSSR count). The molecule has 1 aromatic carbocycles. The van der Waals surface area contributed by atoms with Crippen LogP contribution in [0.3, 0.4) is 0 Å². The molecule has 0 atom stereocenters. The van der Waals surface area contributed by atoms with Gasteiger partial charge < -0.3 is 4.74 Å². The third-order valence-electron chi connectivity index (χ3n) is 3.00. The number of Topliss-reactive ketones (excluding diaryl/α,β-unsaturated/α-hetero) is 1. The standard InChI is InChI=1S/C16H18O2S/c1-12-6-3-7-13(2)16(12)18-10-4-8-14(17)15-9-5-11-19-15/h3,5-7,9,11H,4,8,10H2,1-2H3. The Morgan fingerprint density at radius 2 is 1.89 bits per heavy atom. The fourth-order valence-corrected chi connectivity index (χ4v) is 2.69. The zero-order chi connectivity index (χ0) is 13.7. The number of rotatable bonds is 6. The lowest BCUT2D eigenvalue weighted by Gasteiger charge is -2.11. The molecule has 0 fully saturated rings. The predicted octanol–water partition coefficient (Wildman–Crippen LogP) is 4.41. The summed E-state index contributed by atoms with van der Waals surface area (Å²) in [6.07, 6.45) is 1.30. The van der Waals surface area contributed by atoms with Crippen LogP contribution in [0.15, 0.2) is 35.7 Å². The molecule has 0 N–H and O–H groups in total. The lowest BCUT2D eigenvalue weighted by atomic mass is 10.1. The van der Waals surface area contributed by atoms with Gasteiger partial charge in [-0.3, -0.25) is 4.79 Å². The second-order valence-electron chi connectivity index (χ2n) is 4.57. The Morgan fingerprint density at radius 3 is 2.53 bits per heavy atom. The van der Waals surface area contributed by atoms with E-state index in [1.807, 2.05) is 49.6 Å². The molecular weight excluding hydrogens is 256 g/mol. The number of para-hydroxylation sites is 1. The van der Waals surface area contributed by atoms with Crippen molar-refractivity contribution >= 4 is 17.1 Å². The maximum Gasteiger partial charge on any atom is 0.172 e. The van der Waals surface area contributed by atoms with Gasteiger partial charge in [-0.2, -0.15) is 0 Å². The number of ketones is 1. The normalized spacial score (nSPS) is 10.4. The summed E-state index contributed by atoms with van der Waals surface area (Å²) in [7, 11) is 0. The van der Waals surface area contributed by atoms with Gasteiger partial charge in [-0.15, -0.1) is 11.3 Å². The van der Waals surface area contributed by atoms with Gasteiger partial charge in [0.15, 0.2) is 5.78 Å². The molecule has 19 heavy (non-hydrogen) atoms. The highest BCUT2D eigenvalue weighted by atomic mass is 32.1. The highest BCUT2D eigenvalue weighted by Crippen LogP contribution is 2.22. The van der Waals surface area contributed by atoms with Crippen LogP contribution in [-0.4, -0.2) is 12.4 Å². The van der Waals surface area contributed by atoms with Crippen LogP contribution in [0.4, 0.5) is 0 Å².